The van der Waals surface area contributed by atoms with Gasteiger partial charge in [0.15, 0.2) is 0 Å². The third-order valence-electron chi connectivity index (χ3n) is 3.45. The molecule has 1 nitrogen and oxygen atoms in total. The second-order valence-electron chi connectivity index (χ2n) is 4.40. The Morgan fingerprint density at radius 1 is 1.06 bits per heavy atom. The third-order valence-corrected chi connectivity index (χ3v) is 3.45. The van der Waals surface area contributed by atoms with Gasteiger partial charge in [0.1, 0.15) is 0 Å². The molecule has 2 N–H and O–H groups in total. The summed E-state index contributed by atoms with van der Waals surface area (Å²) >= 11 is 0. The first-order valence-corrected chi connectivity index (χ1v) is 5.77. The van der Waals surface area contributed by atoms with E-state index in [1.54, 1.807) is 0 Å². The molecule has 1 unspecified atom stereocenters. The van der Waals surface area contributed by atoms with E-state index in [4.69, 9.17) is 5.73 Å². The van der Waals surface area contributed by atoms with Crippen molar-refractivity contribution in [1.29, 1.82) is 0 Å². The molecule has 0 aliphatic heterocycles. The Labute approximate surface area is 96.0 Å². The van der Waals surface area contributed by atoms with Gasteiger partial charge in [-0.1, -0.05) is 48.6 Å². The molecular formula is C15H15N. The van der Waals surface area contributed by atoms with Gasteiger partial charge in [-0.3, -0.25) is 0 Å². The molecule has 0 aromatic heterocycles. The second kappa shape index (κ2) is 3.67. The third kappa shape index (κ3) is 1.40. The molecule has 0 bridgehead atoms. The monoisotopic (exact) mass is 209 g/mol. The molecule has 0 radical (unpaired) electrons. The van der Waals surface area contributed by atoms with Crippen LogP contribution < -0.4 is 5.73 Å². The molecule has 0 fully saturated rings. The van der Waals surface area contributed by atoms with Gasteiger partial charge in [-0.25, -0.2) is 0 Å². The number of aryl methyl sites for hydroxylation is 1. The van der Waals surface area contributed by atoms with E-state index in [1.165, 1.54) is 16.7 Å². The Kier molecular flexibility index (Phi) is 2.17. The fourth-order valence-electron chi connectivity index (χ4n) is 2.60. The van der Waals surface area contributed by atoms with Gasteiger partial charge >= 0.3 is 0 Å². The Bertz CT molecular complexity index is 506. The molecule has 1 aromatic carbocycles. The molecule has 0 saturated heterocycles. The lowest BCUT2D eigenvalue weighted by Gasteiger charge is -2.19. The van der Waals surface area contributed by atoms with Crippen molar-refractivity contribution in [3.8, 4) is 0 Å². The zero-order chi connectivity index (χ0) is 11.0. The van der Waals surface area contributed by atoms with Crippen LogP contribution in [0.2, 0.25) is 0 Å². The van der Waals surface area contributed by atoms with E-state index < -0.39 is 0 Å². The molecule has 16 heavy (non-hydrogen) atoms. The molecule has 1 aromatic rings. The lowest BCUT2D eigenvalue weighted by Crippen LogP contribution is -2.07. The molecule has 0 saturated carbocycles. The van der Waals surface area contributed by atoms with Crippen LogP contribution in [0.1, 0.15) is 23.5 Å². The van der Waals surface area contributed by atoms with Crippen molar-refractivity contribution in [3.63, 3.8) is 0 Å². The van der Waals surface area contributed by atoms with Gasteiger partial charge in [-0.05, 0) is 29.5 Å². The Morgan fingerprint density at radius 3 is 2.88 bits per heavy atom. The van der Waals surface area contributed by atoms with Crippen LogP contribution >= 0.6 is 0 Å². The maximum Gasteiger partial charge on any atom is 0.0292 e. The number of nitrogens with two attached hydrogens (primary N) is 1. The average Bonchev–Trinajstić information content (AvgIpc) is 2.49. The zero-order valence-electron chi connectivity index (χ0n) is 9.19. The van der Waals surface area contributed by atoms with Crippen LogP contribution in [-0.4, -0.2) is 0 Å². The predicted octanol–water partition coefficient (Wildman–Crippen LogP) is 3.06. The van der Waals surface area contributed by atoms with Crippen molar-refractivity contribution in [2.75, 3.05) is 0 Å². The first-order valence-electron chi connectivity index (χ1n) is 5.77. The highest BCUT2D eigenvalue weighted by molar-refractivity contribution is 5.50. The summed E-state index contributed by atoms with van der Waals surface area (Å²) in [4.78, 5) is 0. The summed E-state index contributed by atoms with van der Waals surface area (Å²) in [5.41, 5.74) is 11.3. The summed E-state index contributed by atoms with van der Waals surface area (Å²) < 4.78 is 0. The number of hydrogen-bond acceptors (Lipinski definition) is 1. The average molecular weight is 209 g/mol. The molecule has 2 aliphatic carbocycles. The minimum Gasteiger partial charge on any atom is -0.402 e. The van der Waals surface area contributed by atoms with E-state index in [1.807, 2.05) is 0 Å². The zero-order valence-corrected chi connectivity index (χ0v) is 9.19. The number of fused-ring (bicyclic) bond motifs is 3. The summed E-state index contributed by atoms with van der Waals surface area (Å²) in [6, 6.07) is 8.67. The smallest absolute Gasteiger partial charge is 0.0292 e. The molecule has 2 aliphatic rings. The van der Waals surface area contributed by atoms with Gasteiger partial charge in [-0.15, -0.1) is 0 Å². The van der Waals surface area contributed by atoms with Gasteiger partial charge < -0.3 is 5.73 Å². The summed E-state index contributed by atoms with van der Waals surface area (Å²) in [6.45, 7) is 0. The van der Waals surface area contributed by atoms with Crippen LogP contribution in [-0.2, 0) is 6.42 Å². The Morgan fingerprint density at radius 2 is 1.94 bits per heavy atom. The van der Waals surface area contributed by atoms with Gasteiger partial charge in [0.2, 0.25) is 0 Å². The van der Waals surface area contributed by atoms with Crippen molar-refractivity contribution in [2.24, 2.45) is 5.73 Å². The molecule has 0 spiro atoms. The lowest BCUT2D eigenvalue weighted by atomic mass is 9.86. The van der Waals surface area contributed by atoms with Crippen molar-refractivity contribution in [3.05, 3.63) is 71.0 Å². The van der Waals surface area contributed by atoms with Crippen LogP contribution in [0.15, 0.2) is 59.8 Å². The first-order chi connectivity index (χ1) is 7.86. The van der Waals surface area contributed by atoms with Gasteiger partial charge in [0.25, 0.3) is 0 Å². The maximum atomic E-state index is 6.16. The van der Waals surface area contributed by atoms with Crippen molar-refractivity contribution >= 4 is 0 Å². The number of rotatable bonds is 0. The SMILES string of the molecule is NC1=C2C=CC=CC2c2ccccc2CC1. The number of hydrogen-bond donors (Lipinski definition) is 1. The van der Waals surface area contributed by atoms with E-state index in [-0.39, 0.29) is 0 Å². The molecule has 0 amide bonds. The van der Waals surface area contributed by atoms with E-state index in [2.05, 4.69) is 48.6 Å². The van der Waals surface area contributed by atoms with Gasteiger partial charge in [0, 0.05) is 11.6 Å². The predicted molar refractivity (Wildman–Crippen MR) is 67.0 cm³/mol. The summed E-state index contributed by atoms with van der Waals surface area (Å²) in [5, 5.41) is 0. The lowest BCUT2D eigenvalue weighted by molar-refractivity contribution is 0.926. The molecule has 80 valence electrons. The van der Waals surface area contributed by atoms with E-state index in [9.17, 15) is 0 Å². The summed E-state index contributed by atoms with van der Waals surface area (Å²) in [5.74, 6) is 0.365. The second-order valence-corrected chi connectivity index (χ2v) is 4.40. The van der Waals surface area contributed by atoms with Crippen LogP contribution in [0.5, 0.6) is 0 Å². The number of benzene rings is 1. The fraction of sp³-hybridized carbons (Fsp3) is 0.200. The van der Waals surface area contributed by atoms with Gasteiger partial charge in [-0.2, -0.15) is 0 Å². The van der Waals surface area contributed by atoms with Gasteiger partial charge in [0.05, 0.1) is 0 Å². The molecular weight excluding hydrogens is 194 g/mol. The van der Waals surface area contributed by atoms with Crippen molar-refractivity contribution in [2.45, 2.75) is 18.8 Å². The molecule has 0 heterocycles. The minimum atomic E-state index is 0.365. The summed E-state index contributed by atoms with van der Waals surface area (Å²) in [6.07, 6.45) is 10.6. The van der Waals surface area contributed by atoms with E-state index >= 15 is 0 Å². The van der Waals surface area contributed by atoms with Crippen molar-refractivity contribution < 1.29 is 0 Å². The highest BCUT2D eigenvalue weighted by atomic mass is 14.6. The van der Waals surface area contributed by atoms with Crippen LogP contribution in [0, 0.1) is 0 Å². The van der Waals surface area contributed by atoms with Crippen molar-refractivity contribution in [1.82, 2.24) is 0 Å². The van der Waals surface area contributed by atoms with E-state index in [0.29, 0.717) is 5.92 Å². The van der Waals surface area contributed by atoms with Crippen LogP contribution in [0.3, 0.4) is 0 Å². The highest BCUT2D eigenvalue weighted by Gasteiger charge is 2.22. The summed E-state index contributed by atoms with van der Waals surface area (Å²) in [7, 11) is 0. The normalized spacial score (nSPS) is 22.6. The van der Waals surface area contributed by atoms with Crippen LogP contribution in [0.4, 0.5) is 0 Å². The quantitative estimate of drug-likeness (QED) is 0.698. The standard InChI is InChI=1S/C15H15N/c16-15-10-9-11-5-1-2-6-12(11)13-7-3-4-8-14(13)15/h1-8,13H,9-10,16H2. The molecule has 3 rings (SSSR count). The highest BCUT2D eigenvalue weighted by Crippen LogP contribution is 2.36. The fourth-order valence-corrected chi connectivity index (χ4v) is 2.60. The molecule has 1 atom stereocenters. The largest absolute Gasteiger partial charge is 0.402 e. The number of allylic oxidation sites excluding steroid dienone is 6. The van der Waals surface area contributed by atoms with E-state index in [0.717, 1.165) is 18.5 Å². The van der Waals surface area contributed by atoms with Crippen LogP contribution in [0.25, 0.3) is 0 Å². The first kappa shape index (κ1) is 9.46. The Balaban J connectivity index is 2.18. The minimum absolute atomic E-state index is 0.365. The molecule has 1 heteroatoms. The maximum absolute atomic E-state index is 6.16. The Hall–Kier alpha value is -1.76. The topological polar surface area (TPSA) is 26.0 Å².